The molecule has 0 radical (unpaired) electrons. The highest BCUT2D eigenvalue weighted by atomic mass is 16.7. The van der Waals surface area contributed by atoms with Gasteiger partial charge in [-0.05, 0) is 73.4 Å². The Morgan fingerprint density at radius 1 is 1.08 bits per heavy atom. The maximum Gasteiger partial charge on any atom is 0.251 e. The first-order chi connectivity index (χ1) is 18.1. The Labute approximate surface area is 215 Å². The molecule has 4 heterocycles. The van der Waals surface area contributed by atoms with E-state index in [-0.39, 0.29) is 18.1 Å². The summed E-state index contributed by atoms with van der Waals surface area (Å²) < 4.78 is 24.6. The Bertz CT molecular complexity index is 1420. The number of ether oxygens (including phenoxy) is 4. The number of rotatable bonds is 7. The number of hydrogen-bond donors (Lipinski definition) is 1. The van der Waals surface area contributed by atoms with Gasteiger partial charge in [0.1, 0.15) is 18.0 Å². The van der Waals surface area contributed by atoms with Gasteiger partial charge in [0.2, 0.25) is 6.79 Å². The van der Waals surface area contributed by atoms with Gasteiger partial charge in [0.15, 0.2) is 11.5 Å². The zero-order valence-corrected chi connectivity index (χ0v) is 20.7. The van der Waals surface area contributed by atoms with Crippen LogP contribution >= 0.6 is 0 Å². The molecule has 37 heavy (non-hydrogen) atoms. The minimum absolute atomic E-state index is 0.117. The predicted octanol–water partition coefficient (Wildman–Crippen LogP) is 4.43. The van der Waals surface area contributed by atoms with Gasteiger partial charge in [-0.1, -0.05) is 12.1 Å². The maximum atomic E-state index is 13.0. The third-order valence-electron chi connectivity index (χ3n) is 7.25. The minimum Gasteiger partial charge on any atom is -0.487 e. The number of fused-ring (bicyclic) bond motifs is 2. The van der Waals surface area contributed by atoms with Crippen LogP contribution < -0.4 is 19.5 Å². The number of aryl methyl sites for hydroxylation is 1. The smallest absolute Gasteiger partial charge is 0.251 e. The monoisotopic (exact) mass is 499 g/mol. The van der Waals surface area contributed by atoms with Crippen molar-refractivity contribution in [1.29, 1.82) is 0 Å². The third kappa shape index (κ3) is 4.72. The lowest BCUT2D eigenvalue weighted by atomic mass is 9.74. The molecule has 1 saturated heterocycles. The average Bonchev–Trinajstić information content (AvgIpc) is 3.59. The van der Waals surface area contributed by atoms with Crippen LogP contribution in [-0.4, -0.2) is 41.8 Å². The van der Waals surface area contributed by atoms with Crippen molar-refractivity contribution in [1.82, 2.24) is 14.7 Å². The molecule has 8 nitrogen and oxygen atoms in total. The van der Waals surface area contributed by atoms with E-state index in [4.69, 9.17) is 18.9 Å². The zero-order valence-electron chi connectivity index (χ0n) is 20.7. The SMILES string of the molecule is Cc1cccn2cc(COc3ccc(C(=O)NCC4(c5ccc6c(c5)OCO6)CCOCC4)cc3)nc12. The van der Waals surface area contributed by atoms with Gasteiger partial charge in [-0.3, -0.25) is 4.79 Å². The summed E-state index contributed by atoms with van der Waals surface area (Å²) in [6.07, 6.45) is 5.59. The molecule has 2 aliphatic rings. The van der Waals surface area contributed by atoms with Gasteiger partial charge in [-0.25, -0.2) is 4.98 Å². The maximum absolute atomic E-state index is 13.0. The van der Waals surface area contributed by atoms with Crippen molar-refractivity contribution in [2.45, 2.75) is 31.8 Å². The molecular formula is C29H29N3O5. The number of nitrogens with one attached hydrogen (secondary N) is 1. The lowest BCUT2D eigenvalue weighted by Crippen LogP contribution is -2.44. The molecule has 0 unspecified atom stereocenters. The van der Waals surface area contributed by atoms with Crippen LogP contribution in [0.2, 0.25) is 0 Å². The number of nitrogens with zero attached hydrogens (tertiary/aromatic N) is 2. The molecule has 1 fully saturated rings. The van der Waals surface area contributed by atoms with E-state index in [2.05, 4.69) is 16.4 Å². The molecule has 1 amide bonds. The first kappa shape index (κ1) is 23.4. The van der Waals surface area contributed by atoms with Crippen LogP contribution in [0.1, 0.15) is 40.0 Å². The van der Waals surface area contributed by atoms with Crippen molar-refractivity contribution in [3.05, 3.63) is 89.4 Å². The number of pyridine rings is 1. The molecule has 2 aromatic carbocycles. The molecule has 190 valence electrons. The summed E-state index contributed by atoms with van der Waals surface area (Å²) in [6, 6.07) is 17.3. The van der Waals surface area contributed by atoms with Gasteiger partial charge < -0.3 is 28.7 Å². The number of carbonyl (C=O) groups is 1. The number of benzene rings is 2. The van der Waals surface area contributed by atoms with Gasteiger partial charge in [-0.15, -0.1) is 0 Å². The van der Waals surface area contributed by atoms with E-state index in [1.54, 1.807) is 12.1 Å². The molecule has 2 aliphatic heterocycles. The highest BCUT2D eigenvalue weighted by molar-refractivity contribution is 5.94. The normalized spacial score (nSPS) is 16.0. The van der Waals surface area contributed by atoms with E-state index in [9.17, 15) is 4.79 Å². The minimum atomic E-state index is -0.218. The van der Waals surface area contributed by atoms with Crippen molar-refractivity contribution in [2.75, 3.05) is 26.6 Å². The second-order valence-electron chi connectivity index (χ2n) is 9.61. The van der Waals surface area contributed by atoms with E-state index in [0.29, 0.717) is 37.7 Å². The predicted molar refractivity (Wildman–Crippen MR) is 137 cm³/mol. The second-order valence-corrected chi connectivity index (χ2v) is 9.61. The van der Waals surface area contributed by atoms with Crippen LogP contribution in [0.3, 0.4) is 0 Å². The molecule has 4 aromatic rings. The van der Waals surface area contributed by atoms with Crippen molar-refractivity contribution in [3.8, 4) is 17.2 Å². The van der Waals surface area contributed by atoms with Crippen molar-refractivity contribution >= 4 is 11.6 Å². The van der Waals surface area contributed by atoms with Crippen LogP contribution in [0.15, 0.2) is 67.0 Å². The fraction of sp³-hybridized carbons (Fsp3) is 0.310. The van der Waals surface area contributed by atoms with Gasteiger partial charge in [0, 0.05) is 43.1 Å². The Morgan fingerprint density at radius 2 is 1.89 bits per heavy atom. The van der Waals surface area contributed by atoms with E-state index in [1.165, 1.54) is 0 Å². The molecule has 0 bridgehead atoms. The number of carbonyl (C=O) groups excluding carboxylic acids is 1. The van der Waals surface area contributed by atoms with Crippen LogP contribution in [-0.2, 0) is 16.8 Å². The van der Waals surface area contributed by atoms with Gasteiger partial charge in [0.25, 0.3) is 5.91 Å². The lowest BCUT2D eigenvalue weighted by molar-refractivity contribution is 0.0486. The summed E-state index contributed by atoms with van der Waals surface area (Å²) in [6.45, 7) is 4.46. The number of imidazole rings is 1. The van der Waals surface area contributed by atoms with E-state index in [1.807, 2.05) is 60.1 Å². The van der Waals surface area contributed by atoms with Crippen LogP contribution in [0.5, 0.6) is 17.2 Å². The molecular weight excluding hydrogens is 470 g/mol. The Balaban J connectivity index is 1.10. The zero-order chi connectivity index (χ0) is 25.2. The average molecular weight is 500 g/mol. The lowest BCUT2D eigenvalue weighted by Gasteiger charge is -2.38. The molecule has 1 N–H and O–H groups in total. The summed E-state index contributed by atoms with van der Waals surface area (Å²) in [5.41, 5.74) is 4.39. The molecule has 0 aliphatic carbocycles. The first-order valence-corrected chi connectivity index (χ1v) is 12.5. The van der Waals surface area contributed by atoms with Gasteiger partial charge in [0.05, 0.1) is 5.69 Å². The highest BCUT2D eigenvalue weighted by Gasteiger charge is 2.36. The summed E-state index contributed by atoms with van der Waals surface area (Å²) in [5, 5.41) is 3.15. The van der Waals surface area contributed by atoms with Gasteiger partial charge in [-0.2, -0.15) is 0 Å². The van der Waals surface area contributed by atoms with Crippen molar-refractivity contribution in [2.24, 2.45) is 0 Å². The third-order valence-corrected chi connectivity index (χ3v) is 7.25. The number of aromatic nitrogens is 2. The Kier molecular flexibility index (Phi) is 6.18. The summed E-state index contributed by atoms with van der Waals surface area (Å²) >= 11 is 0. The van der Waals surface area contributed by atoms with Crippen LogP contribution in [0.4, 0.5) is 0 Å². The van der Waals surface area contributed by atoms with E-state index < -0.39 is 0 Å². The summed E-state index contributed by atoms with van der Waals surface area (Å²) in [7, 11) is 0. The molecule has 8 heteroatoms. The van der Waals surface area contributed by atoms with E-state index >= 15 is 0 Å². The quantitative estimate of drug-likeness (QED) is 0.405. The van der Waals surface area contributed by atoms with Gasteiger partial charge >= 0.3 is 0 Å². The molecule has 0 atom stereocenters. The topological polar surface area (TPSA) is 83.3 Å². The number of amides is 1. The largest absolute Gasteiger partial charge is 0.487 e. The van der Waals surface area contributed by atoms with Crippen LogP contribution in [0.25, 0.3) is 5.65 Å². The fourth-order valence-electron chi connectivity index (χ4n) is 5.04. The molecule has 0 saturated carbocycles. The first-order valence-electron chi connectivity index (χ1n) is 12.5. The van der Waals surface area contributed by atoms with Crippen molar-refractivity contribution in [3.63, 3.8) is 0 Å². The molecule has 6 rings (SSSR count). The summed E-state index contributed by atoms with van der Waals surface area (Å²) in [5.74, 6) is 2.08. The standard InChI is InChI=1S/C29H29N3O5/c1-20-3-2-12-32-16-23(31-27(20)32)17-35-24-7-4-21(5-8-24)28(33)30-18-29(10-13-34-14-11-29)22-6-9-25-26(15-22)37-19-36-25/h2-9,12,15-16H,10-11,13-14,17-19H2,1H3,(H,30,33). The molecule has 2 aromatic heterocycles. The second kappa shape index (κ2) is 9.78. The Hall–Kier alpha value is -4.04. The Morgan fingerprint density at radius 3 is 2.70 bits per heavy atom. The fourth-order valence-corrected chi connectivity index (χ4v) is 5.04. The number of hydrogen-bond acceptors (Lipinski definition) is 6. The van der Waals surface area contributed by atoms with Crippen molar-refractivity contribution < 1.29 is 23.7 Å². The summed E-state index contributed by atoms with van der Waals surface area (Å²) in [4.78, 5) is 17.7. The highest BCUT2D eigenvalue weighted by Crippen LogP contribution is 2.40. The van der Waals surface area contributed by atoms with Crippen LogP contribution in [0, 0.1) is 6.92 Å². The van der Waals surface area contributed by atoms with E-state index in [0.717, 1.165) is 46.8 Å². The molecule has 0 spiro atoms.